The molecule has 0 spiro atoms. The maximum atomic E-state index is 6.48. The molecule has 1 fully saturated rings. The summed E-state index contributed by atoms with van der Waals surface area (Å²) in [5, 5.41) is 1.23. The molecule has 0 unspecified atom stereocenters. The van der Waals surface area contributed by atoms with Crippen LogP contribution in [-0.2, 0) is 0 Å². The van der Waals surface area contributed by atoms with Crippen molar-refractivity contribution in [3.8, 4) is 22.5 Å². The zero-order valence-corrected chi connectivity index (χ0v) is 17.5. The SMILES string of the molecule is CCCN(CC1CC1)c1nc(C)[nH]c2c(-c3ccc(Cl)cc3Cl)nc(C)c1-2. The molecule has 0 amide bonds. The van der Waals surface area contributed by atoms with Crippen LogP contribution in [0.3, 0.4) is 0 Å². The molecule has 0 atom stereocenters. The largest absolute Gasteiger partial charge is 0.356 e. The van der Waals surface area contributed by atoms with Crippen LogP contribution in [0.4, 0.5) is 5.82 Å². The molecule has 27 heavy (non-hydrogen) atoms. The van der Waals surface area contributed by atoms with Gasteiger partial charge in [-0.3, -0.25) is 4.98 Å². The lowest BCUT2D eigenvalue weighted by Crippen LogP contribution is -2.28. The summed E-state index contributed by atoms with van der Waals surface area (Å²) in [6.07, 6.45) is 3.74. The van der Waals surface area contributed by atoms with Crippen LogP contribution in [0.1, 0.15) is 37.7 Å². The van der Waals surface area contributed by atoms with Crippen molar-refractivity contribution in [2.24, 2.45) is 5.92 Å². The zero-order chi connectivity index (χ0) is 19.1. The van der Waals surface area contributed by atoms with Crippen LogP contribution >= 0.6 is 23.2 Å². The van der Waals surface area contributed by atoms with Crippen molar-refractivity contribution >= 4 is 29.0 Å². The van der Waals surface area contributed by atoms with E-state index in [0.717, 1.165) is 65.3 Å². The zero-order valence-electron chi connectivity index (χ0n) is 15.9. The van der Waals surface area contributed by atoms with Gasteiger partial charge in [-0.15, -0.1) is 0 Å². The summed E-state index contributed by atoms with van der Waals surface area (Å²) in [5.41, 5.74) is 4.81. The number of fused-ring (bicyclic) bond motifs is 1. The summed E-state index contributed by atoms with van der Waals surface area (Å²) in [5.74, 6) is 2.72. The van der Waals surface area contributed by atoms with Crippen LogP contribution < -0.4 is 4.90 Å². The van der Waals surface area contributed by atoms with E-state index in [0.29, 0.717) is 10.0 Å². The first kappa shape index (κ1) is 18.6. The predicted octanol–water partition coefficient (Wildman–Crippen LogP) is 6.13. The number of aryl methyl sites for hydroxylation is 2. The lowest BCUT2D eigenvalue weighted by molar-refractivity contribution is 0.697. The van der Waals surface area contributed by atoms with E-state index in [1.165, 1.54) is 12.8 Å². The van der Waals surface area contributed by atoms with Crippen LogP contribution in [0.15, 0.2) is 18.2 Å². The van der Waals surface area contributed by atoms with E-state index < -0.39 is 0 Å². The highest BCUT2D eigenvalue weighted by Gasteiger charge is 2.30. The molecule has 1 saturated carbocycles. The molecule has 3 aliphatic rings. The van der Waals surface area contributed by atoms with Crippen molar-refractivity contribution < 1.29 is 0 Å². The van der Waals surface area contributed by atoms with E-state index >= 15 is 0 Å². The van der Waals surface area contributed by atoms with Crippen LogP contribution in [-0.4, -0.2) is 28.0 Å². The van der Waals surface area contributed by atoms with Gasteiger partial charge in [0.25, 0.3) is 0 Å². The molecule has 2 aliphatic heterocycles. The molecule has 1 aromatic rings. The first-order valence-corrected chi connectivity index (χ1v) is 10.3. The van der Waals surface area contributed by atoms with E-state index in [9.17, 15) is 0 Å². The lowest BCUT2D eigenvalue weighted by Gasteiger charge is -2.26. The summed E-state index contributed by atoms with van der Waals surface area (Å²) >= 11 is 12.6. The molecular weight excluding hydrogens is 379 g/mol. The fourth-order valence-electron chi connectivity index (χ4n) is 3.67. The van der Waals surface area contributed by atoms with Crippen molar-refractivity contribution in [2.45, 2.75) is 40.0 Å². The Kier molecular flexibility index (Phi) is 5.04. The van der Waals surface area contributed by atoms with Gasteiger partial charge in [0.1, 0.15) is 11.6 Å². The maximum absolute atomic E-state index is 6.48. The second-order valence-electron chi connectivity index (χ2n) is 7.46. The third kappa shape index (κ3) is 3.65. The third-order valence-corrected chi connectivity index (χ3v) is 5.63. The minimum atomic E-state index is 0.606. The molecule has 1 aliphatic carbocycles. The highest BCUT2D eigenvalue weighted by atomic mass is 35.5. The molecule has 4 rings (SSSR count). The number of rotatable bonds is 6. The molecule has 0 aromatic heterocycles. The molecular formula is C21H24Cl2N4. The molecule has 0 bridgehead atoms. The number of H-pyrrole nitrogens is 1. The molecule has 1 aromatic carbocycles. The topological polar surface area (TPSA) is 44.8 Å². The first-order chi connectivity index (χ1) is 13.0. The number of halogens is 2. The highest BCUT2D eigenvalue weighted by molar-refractivity contribution is 6.36. The number of nitrogens with one attached hydrogen (secondary N) is 1. The number of hydrogen-bond donors (Lipinski definition) is 1. The number of hydrogen-bond acceptors (Lipinski definition) is 3. The average molecular weight is 403 g/mol. The summed E-state index contributed by atoms with van der Waals surface area (Å²) in [4.78, 5) is 15.6. The third-order valence-electron chi connectivity index (χ3n) is 5.09. The van der Waals surface area contributed by atoms with Crippen molar-refractivity contribution in [2.75, 3.05) is 18.0 Å². The van der Waals surface area contributed by atoms with Gasteiger partial charge < -0.3 is 9.88 Å². The summed E-state index contributed by atoms with van der Waals surface area (Å²) in [6, 6.07) is 5.55. The number of nitrogens with zero attached hydrogens (tertiary/aromatic N) is 3. The second kappa shape index (κ2) is 7.33. The van der Waals surface area contributed by atoms with Crippen LogP contribution in [0, 0.1) is 19.8 Å². The Bertz CT molecular complexity index is 946. The van der Waals surface area contributed by atoms with E-state index in [4.69, 9.17) is 33.2 Å². The minimum absolute atomic E-state index is 0.606. The van der Waals surface area contributed by atoms with Gasteiger partial charge in [-0.05, 0) is 57.2 Å². The standard InChI is InChI=1S/C21H24Cl2N4/c1-4-9-27(11-14-5-6-14)21-18-12(2)24-19(20(18)25-13(3)26-21)16-8-7-15(22)10-17(16)23/h7-8,10,14H,4-6,9,11H2,1-3H3,(H,25,26). The second-order valence-corrected chi connectivity index (χ2v) is 8.30. The van der Waals surface area contributed by atoms with Gasteiger partial charge in [-0.25, -0.2) is 4.98 Å². The van der Waals surface area contributed by atoms with Gasteiger partial charge in [0.15, 0.2) is 0 Å². The van der Waals surface area contributed by atoms with Crippen molar-refractivity contribution in [3.05, 3.63) is 39.8 Å². The van der Waals surface area contributed by atoms with Crippen LogP contribution in [0.2, 0.25) is 10.0 Å². The quantitative estimate of drug-likeness (QED) is 0.539. The van der Waals surface area contributed by atoms with E-state index in [1.54, 1.807) is 6.07 Å². The fourth-order valence-corrected chi connectivity index (χ4v) is 4.17. The summed E-state index contributed by atoms with van der Waals surface area (Å²) in [7, 11) is 0. The summed E-state index contributed by atoms with van der Waals surface area (Å²) < 4.78 is 0. The normalized spacial score (nSPS) is 14.1. The monoisotopic (exact) mass is 402 g/mol. The Hall–Kier alpha value is -1.78. The minimum Gasteiger partial charge on any atom is -0.356 e. The Labute approximate surface area is 170 Å². The summed E-state index contributed by atoms with van der Waals surface area (Å²) in [6.45, 7) is 8.34. The van der Waals surface area contributed by atoms with Gasteiger partial charge >= 0.3 is 0 Å². The fraction of sp³-hybridized carbons (Fsp3) is 0.429. The van der Waals surface area contributed by atoms with Crippen LogP contribution in [0.5, 0.6) is 0 Å². The molecule has 0 saturated heterocycles. The number of benzene rings is 1. The van der Waals surface area contributed by atoms with E-state index in [-0.39, 0.29) is 0 Å². The Morgan fingerprint density at radius 2 is 1.96 bits per heavy atom. The Morgan fingerprint density at radius 1 is 1.19 bits per heavy atom. The van der Waals surface area contributed by atoms with Crippen LogP contribution in [0.25, 0.3) is 22.5 Å². The Balaban J connectivity index is 1.85. The van der Waals surface area contributed by atoms with Gasteiger partial charge in [0.05, 0.1) is 27.7 Å². The predicted molar refractivity (Wildman–Crippen MR) is 113 cm³/mol. The van der Waals surface area contributed by atoms with Gasteiger partial charge in [-0.1, -0.05) is 30.1 Å². The number of aromatic amines is 1. The van der Waals surface area contributed by atoms with Gasteiger partial charge in [-0.2, -0.15) is 0 Å². The Morgan fingerprint density at radius 3 is 2.63 bits per heavy atom. The maximum Gasteiger partial charge on any atom is 0.141 e. The number of anilines is 1. The average Bonchev–Trinajstić information content (AvgIpc) is 3.37. The molecule has 142 valence electrons. The molecule has 4 nitrogen and oxygen atoms in total. The molecule has 1 N–H and O–H groups in total. The van der Waals surface area contributed by atoms with Gasteiger partial charge in [0.2, 0.25) is 0 Å². The smallest absolute Gasteiger partial charge is 0.141 e. The first-order valence-electron chi connectivity index (χ1n) is 9.55. The number of aromatic nitrogens is 3. The van der Waals surface area contributed by atoms with E-state index in [2.05, 4.69) is 16.8 Å². The van der Waals surface area contributed by atoms with Crippen molar-refractivity contribution in [1.29, 1.82) is 0 Å². The molecule has 0 radical (unpaired) electrons. The highest BCUT2D eigenvalue weighted by Crippen LogP contribution is 2.43. The molecule has 2 heterocycles. The van der Waals surface area contributed by atoms with E-state index in [1.807, 2.05) is 26.0 Å². The molecule has 6 heteroatoms. The van der Waals surface area contributed by atoms with Gasteiger partial charge in [0, 0.05) is 23.7 Å². The lowest BCUT2D eigenvalue weighted by atomic mass is 10.1. The van der Waals surface area contributed by atoms with Crippen molar-refractivity contribution in [3.63, 3.8) is 0 Å². The van der Waals surface area contributed by atoms with Crippen molar-refractivity contribution in [1.82, 2.24) is 15.0 Å².